The minimum Gasteiger partial charge on any atom is -0.381 e. The molecule has 1 aromatic rings. The van der Waals surface area contributed by atoms with Crippen LogP contribution in [0.15, 0.2) is 0 Å². The summed E-state index contributed by atoms with van der Waals surface area (Å²) in [5.74, 6) is 2.28. The van der Waals surface area contributed by atoms with Crippen molar-refractivity contribution in [2.75, 3.05) is 25.1 Å². The molecule has 1 aromatic heterocycles. The zero-order valence-corrected chi connectivity index (χ0v) is 13.2. The molecule has 0 bridgehead atoms. The van der Waals surface area contributed by atoms with Crippen LogP contribution in [-0.2, 0) is 11.2 Å². The highest BCUT2D eigenvalue weighted by Crippen LogP contribution is 2.27. The Kier molecular flexibility index (Phi) is 5.17. The van der Waals surface area contributed by atoms with Gasteiger partial charge in [0.15, 0.2) is 0 Å². The van der Waals surface area contributed by atoms with Crippen LogP contribution in [0.3, 0.4) is 0 Å². The van der Waals surface area contributed by atoms with E-state index in [1.165, 1.54) is 0 Å². The first-order chi connectivity index (χ1) is 8.76. The van der Waals surface area contributed by atoms with Gasteiger partial charge in [0.1, 0.15) is 11.6 Å². The van der Waals surface area contributed by atoms with Crippen molar-refractivity contribution in [2.45, 2.75) is 39.0 Å². The Bertz CT molecular complexity index is 405. The number of aromatic nitrogens is 2. The Morgan fingerprint density at radius 1 is 1.39 bits per heavy atom. The number of aryl methyl sites for hydroxylation is 1. The van der Waals surface area contributed by atoms with Gasteiger partial charge >= 0.3 is 0 Å². The van der Waals surface area contributed by atoms with E-state index in [0.717, 1.165) is 59.9 Å². The quantitative estimate of drug-likeness (QED) is 0.838. The van der Waals surface area contributed by atoms with Crippen LogP contribution < -0.4 is 5.32 Å². The molecule has 18 heavy (non-hydrogen) atoms. The minimum atomic E-state index is 0.360. The second kappa shape index (κ2) is 6.65. The van der Waals surface area contributed by atoms with Crippen molar-refractivity contribution in [2.24, 2.45) is 0 Å². The predicted molar refractivity (Wildman–Crippen MR) is 81.1 cm³/mol. The van der Waals surface area contributed by atoms with Crippen molar-refractivity contribution < 1.29 is 4.74 Å². The van der Waals surface area contributed by atoms with Gasteiger partial charge in [-0.25, -0.2) is 9.97 Å². The second-order valence-electron chi connectivity index (χ2n) is 4.49. The Hall–Kier alpha value is -0.430. The Balaban J connectivity index is 2.31. The van der Waals surface area contributed by atoms with E-state index in [9.17, 15) is 0 Å². The summed E-state index contributed by atoms with van der Waals surface area (Å²) in [4.78, 5) is 9.40. The fourth-order valence-corrected chi connectivity index (χ4v) is 2.97. The van der Waals surface area contributed by atoms with Gasteiger partial charge < -0.3 is 10.1 Å². The van der Waals surface area contributed by atoms with Crippen molar-refractivity contribution in [1.82, 2.24) is 9.97 Å². The van der Waals surface area contributed by atoms with Crippen molar-refractivity contribution in [1.29, 1.82) is 0 Å². The van der Waals surface area contributed by atoms with Gasteiger partial charge in [-0.2, -0.15) is 0 Å². The zero-order valence-electron chi connectivity index (χ0n) is 11.0. The maximum atomic E-state index is 5.54. The summed E-state index contributed by atoms with van der Waals surface area (Å²) in [6, 6.07) is 0. The van der Waals surface area contributed by atoms with E-state index in [1.54, 1.807) is 0 Å². The summed E-state index contributed by atoms with van der Waals surface area (Å²) >= 11 is 2.33. The molecule has 0 amide bonds. The Morgan fingerprint density at radius 3 is 2.83 bits per heavy atom. The molecule has 1 saturated heterocycles. The van der Waals surface area contributed by atoms with Crippen LogP contribution in [0.4, 0.5) is 5.82 Å². The Labute approximate surface area is 122 Å². The van der Waals surface area contributed by atoms with Gasteiger partial charge in [0, 0.05) is 19.1 Å². The largest absolute Gasteiger partial charge is 0.381 e. The lowest BCUT2D eigenvalue weighted by atomic mass is 10.0. The van der Waals surface area contributed by atoms with Crippen molar-refractivity contribution in [3.8, 4) is 0 Å². The number of halogens is 1. The first-order valence-electron chi connectivity index (χ1n) is 6.64. The van der Waals surface area contributed by atoms with Crippen molar-refractivity contribution >= 4 is 28.4 Å². The molecule has 100 valence electrons. The summed E-state index contributed by atoms with van der Waals surface area (Å²) < 4.78 is 6.69. The normalized spacial score (nSPS) is 19.8. The molecule has 1 N–H and O–H groups in total. The average molecular weight is 361 g/mol. The van der Waals surface area contributed by atoms with Gasteiger partial charge in [0.2, 0.25) is 0 Å². The van der Waals surface area contributed by atoms with Gasteiger partial charge in [0.05, 0.1) is 15.9 Å². The third-order valence-corrected chi connectivity index (χ3v) is 4.28. The predicted octanol–water partition coefficient (Wildman–Crippen LogP) is 2.97. The molecule has 0 saturated carbocycles. The number of nitrogens with zero attached hydrogens (tertiary/aromatic N) is 2. The van der Waals surface area contributed by atoms with E-state index in [2.05, 4.69) is 46.7 Å². The Morgan fingerprint density at radius 2 is 2.22 bits per heavy atom. The molecule has 0 aliphatic carbocycles. The van der Waals surface area contributed by atoms with Gasteiger partial charge in [-0.3, -0.25) is 0 Å². The number of hydrogen-bond acceptors (Lipinski definition) is 4. The van der Waals surface area contributed by atoms with E-state index in [1.807, 2.05) is 0 Å². The van der Waals surface area contributed by atoms with Crippen LogP contribution in [0.5, 0.6) is 0 Å². The standard InChI is InChI=1S/C13H20IN3O/c1-3-10-11(14)13(15-4-2)17-12(16-10)9-6-5-7-18-8-9/h9H,3-8H2,1-2H3,(H,15,16,17). The molecule has 0 radical (unpaired) electrons. The molecule has 1 aliphatic rings. The third-order valence-electron chi connectivity index (χ3n) is 3.14. The van der Waals surface area contributed by atoms with Crippen LogP contribution in [0.2, 0.25) is 0 Å². The van der Waals surface area contributed by atoms with E-state index < -0.39 is 0 Å². The average Bonchev–Trinajstić information content (AvgIpc) is 2.42. The molecule has 1 fully saturated rings. The lowest BCUT2D eigenvalue weighted by molar-refractivity contribution is 0.0780. The number of rotatable bonds is 4. The zero-order chi connectivity index (χ0) is 13.0. The molecule has 5 heteroatoms. The highest BCUT2D eigenvalue weighted by molar-refractivity contribution is 14.1. The third kappa shape index (κ3) is 3.12. The second-order valence-corrected chi connectivity index (χ2v) is 5.57. The van der Waals surface area contributed by atoms with Gasteiger partial charge in [0.25, 0.3) is 0 Å². The summed E-state index contributed by atoms with van der Waals surface area (Å²) in [5.41, 5.74) is 1.14. The molecule has 1 unspecified atom stereocenters. The number of anilines is 1. The molecular weight excluding hydrogens is 341 g/mol. The van der Waals surface area contributed by atoms with Gasteiger partial charge in [-0.1, -0.05) is 6.92 Å². The first kappa shape index (κ1) is 14.0. The number of hydrogen-bond donors (Lipinski definition) is 1. The highest BCUT2D eigenvalue weighted by Gasteiger charge is 2.21. The van der Waals surface area contributed by atoms with Gasteiger partial charge in [-0.15, -0.1) is 0 Å². The molecule has 1 aliphatic heterocycles. The molecule has 2 heterocycles. The molecule has 0 aromatic carbocycles. The molecule has 4 nitrogen and oxygen atoms in total. The maximum absolute atomic E-state index is 5.54. The van der Waals surface area contributed by atoms with E-state index >= 15 is 0 Å². The fraction of sp³-hybridized carbons (Fsp3) is 0.692. The van der Waals surface area contributed by atoms with E-state index in [4.69, 9.17) is 9.72 Å². The van der Waals surface area contributed by atoms with Crippen LogP contribution in [0.25, 0.3) is 0 Å². The van der Waals surface area contributed by atoms with Crippen LogP contribution in [-0.4, -0.2) is 29.7 Å². The van der Waals surface area contributed by atoms with E-state index in [-0.39, 0.29) is 0 Å². The van der Waals surface area contributed by atoms with Crippen LogP contribution >= 0.6 is 22.6 Å². The van der Waals surface area contributed by atoms with Crippen molar-refractivity contribution in [3.05, 3.63) is 15.1 Å². The van der Waals surface area contributed by atoms with Crippen molar-refractivity contribution in [3.63, 3.8) is 0 Å². The first-order valence-corrected chi connectivity index (χ1v) is 7.72. The molecule has 0 spiro atoms. The van der Waals surface area contributed by atoms with Crippen LogP contribution in [0, 0.1) is 3.57 Å². The number of ether oxygens (including phenoxy) is 1. The summed E-state index contributed by atoms with van der Waals surface area (Å²) in [6.45, 7) is 6.75. The molecule has 1 atom stereocenters. The summed E-state index contributed by atoms with van der Waals surface area (Å²) in [7, 11) is 0. The fourth-order valence-electron chi connectivity index (χ4n) is 2.16. The highest BCUT2D eigenvalue weighted by atomic mass is 127. The maximum Gasteiger partial charge on any atom is 0.143 e. The number of nitrogens with one attached hydrogen (secondary N) is 1. The lowest BCUT2D eigenvalue weighted by Gasteiger charge is -2.22. The summed E-state index contributed by atoms with van der Waals surface area (Å²) in [5, 5.41) is 3.33. The molecule has 2 rings (SSSR count). The smallest absolute Gasteiger partial charge is 0.143 e. The lowest BCUT2D eigenvalue weighted by Crippen LogP contribution is -2.20. The summed E-state index contributed by atoms with van der Waals surface area (Å²) in [6.07, 6.45) is 3.19. The van der Waals surface area contributed by atoms with Gasteiger partial charge in [-0.05, 0) is 48.8 Å². The minimum absolute atomic E-state index is 0.360. The monoisotopic (exact) mass is 361 g/mol. The SMILES string of the molecule is CCNc1nc(C2CCCOC2)nc(CC)c1I. The topological polar surface area (TPSA) is 47.0 Å². The van der Waals surface area contributed by atoms with Crippen LogP contribution in [0.1, 0.15) is 44.1 Å². The molecular formula is C13H20IN3O. The van der Waals surface area contributed by atoms with E-state index in [0.29, 0.717) is 5.92 Å².